The highest BCUT2D eigenvalue weighted by Gasteiger charge is 2.04. The SMILES string of the molecule is N#Cc1ccc(-n2cnc3ccccc32)nc1. The fourth-order valence-corrected chi connectivity index (χ4v) is 1.74. The molecule has 0 radical (unpaired) electrons. The quantitative estimate of drug-likeness (QED) is 0.632. The van der Waals surface area contributed by atoms with Crippen molar-refractivity contribution >= 4 is 11.0 Å². The van der Waals surface area contributed by atoms with Gasteiger partial charge in [-0.3, -0.25) is 4.57 Å². The number of fused-ring (bicyclic) bond motifs is 1. The average Bonchev–Trinajstić information content (AvgIpc) is 2.83. The van der Waals surface area contributed by atoms with Crippen molar-refractivity contribution in [2.75, 3.05) is 0 Å². The Balaban J connectivity index is 2.17. The van der Waals surface area contributed by atoms with Gasteiger partial charge in [0.25, 0.3) is 0 Å². The van der Waals surface area contributed by atoms with E-state index in [2.05, 4.69) is 9.97 Å². The highest BCUT2D eigenvalue weighted by molar-refractivity contribution is 5.76. The standard InChI is InChI=1S/C13H8N4/c14-7-10-5-6-13(15-8-10)17-9-16-11-3-1-2-4-12(11)17/h1-6,8-9H. The number of hydrogen-bond acceptors (Lipinski definition) is 3. The Hall–Kier alpha value is -2.67. The van der Waals surface area contributed by atoms with E-state index in [4.69, 9.17) is 5.26 Å². The average molecular weight is 220 g/mol. The van der Waals surface area contributed by atoms with Crippen LogP contribution in [0, 0.1) is 11.3 Å². The van der Waals surface area contributed by atoms with Gasteiger partial charge >= 0.3 is 0 Å². The second-order valence-electron chi connectivity index (χ2n) is 3.62. The lowest BCUT2D eigenvalue weighted by Crippen LogP contribution is -1.95. The van der Waals surface area contributed by atoms with Gasteiger partial charge in [0, 0.05) is 6.20 Å². The molecule has 4 heteroatoms. The molecule has 0 amide bonds. The van der Waals surface area contributed by atoms with Crippen molar-refractivity contribution in [3.8, 4) is 11.9 Å². The number of rotatable bonds is 1. The summed E-state index contributed by atoms with van der Waals surface area (Å²) >= 11 is 0. The van der Waals surface area contributed by atoms with Gasteiger partial charge in [0.05, 0.1) is 16.6 Å². The first-order valence-electron chi connectivity index (χ1n) is 5.17. The zero-order valence-corrected chi connectivity index (χ0v) is 8.91. The Labute approximate surface area is 97.8 Å². The number of nitrogens with zero attached hydrogens (tertiary/aromatic N) is 4. The Morgan fingerprint density at radius 3 is 2.71 bits per heavy atom. The van der Waals surface area contributed by atoms with Crippen LogP contribution in [-0.4, -0.2) is 14.5 Å². The molecular weight excluding hydrogens is 212 g/mol. The normalized spacial score (nSPS) is 10.3. The monoisotopic (exact) mass is 220 g/mol. The van der Waals surface area contributed by atoms with Crippen molar-refractivity contribution in [2.45, 2.75) is 0 Å². The fraction of sp³-hybridized carbons (Fsp3) is 0. The minimum atomic E-state index is 0.554. The van der Waals surface area contributed by atoms with E-state index >= 15 is 0 Å². The van der Waals surface area contributed by atoms with Crippen LogP contribution in [0.25, 0.3) is 16.9 Å². The Kier molecular flexibility index (Phi) is 2.09. The maximum absolute atomic E-state index is 8.72. The summed E-state index contributed by atoms with van der Waals surface area (Å²) < 4.78 is 1.90. The smallest absolute Gasteiger partial charge is 0.138 e. The molecule has 0 atom stereocenters. The third kappa shape index (κ3) is 1.54. The number of hydrogen-bond donors (Lipinski definition) is 0. The third-order valence-electron chi connectivity index (χ3n) is 2.58. The van der Waals surface area contributed by atoms with E-state index in [-0.39, 0.29) is 0 Å². The summed E-state index contributed by atoms with van der Waals surface area (Å²) in [6.45, 7) is 0. The van der Waals surface area contributed by atoms with Crippen LogP contribution in [-0.2, 0) is 0 Å². The first-order chi connectivity index (χ1) is 8.38. The second kappa shape index (κ2) is 3.72. The first-order valence-corrected chi connectivity index (χ1v) is 5.17. The van der Waals surface area contributed by atoms with E-state index in [0.717, 1.165) is 16.9 Å². The Bertz CT molecular complexity index is 704. The number of nitriles is 1. The summed E-state index contributed by atoms with van der Waals surface area (Å²) in [5.41, 5.74) is 2.49. The van der Waals surface area contributed by atoms with Crippen LogP contribution in [0.4, 0.5) is 0 Å². The highest BCUT2D eigenvalue weighted by Crippen LogP contribution is 2.16. The molecule has 0 fully saturated rings. The molecule has 0 spiro atoms. The molecule has 0 bridgehead atoms. The van der Waals surface area contributed by atoms with Gasteiger partial charge in [-0.15, -0.1) is 0 Å². The van der Waals surface area contributed by atoms with Crippen LogP contribution in [0.15, 0.2) is 48.9 Å². The van der Waals surface area contributed by atoms with Crippen molar-refractivity contribution in [1.82, 2.24) is 14.5 Å². The molecule has 2 aromatic heterocycles. The summed E-state index contributed by atoms with van der Waals surface area (Å²) in [4.78, 5) is 8.54. The van der Waals surface area contributed by atoms with E-state index in [9.17, 15) is 0 Å². The minimum absolute atomic E-state index is 0.554. The van der Waals surface area contributed by atoms with Gasteiger partial charge in [-0.1, -0.05) is 12.1 Å². The maximum Gasteiger partial charge on any atom is 0.138 e. The Morgan fingerprint density at radius 1 is 1.06 bits per heavy atom. The maximum atomic E-state index is 8.72. The van der Waals surface area contributed by atoms with E-state index in [1.54, 1.807) is 18.6 Å². The molecule has 80 valence electrons. The molecule has 3 aromatic rings. The molecule has 0 aliphatic carbocycles. The summed E-state index contributed by atoms with van der Waals surface area (Å²) in [7, 11) is 0. The van der Waals surface area contributed by atoms with Crippen LogP contribution < -0.4 is 0 Å². The lowest BCUT2D eigenvalue weighted by molar-refractivity contribution is 1.02. The molecular formula is C13H8N4. The zero-order valence-electron chi connectivity index (χ0n) is 8.91. The Morgan fingerprint density at radius 2 is 1.94 bits per heavy atom. The molecule has 2 heterocycles. The van der Waals surface area contributed by atoms with Gasteiger partial charge < -0.3 is 0 Å². The van der Waals surface area contributed by atoms with Gasteiger partial charge in [0.1, 0.15) is 18.2 Å². The van der Waals surface area contributed by atoms with Crippen molar-refractivity contribution in [3.05, 3.63) is 54.5 Å². The van der Waals surface area contributed by atoms with Crippen LogP contribution in [0.5, 0.6) is 0 Å². The zero-order chi connectivity index (χ0) is 11.7. The summed E-state index contributed by atoms with van der Waals surface area (Å²) in [5, 5.41) is 8.72. The molecule has 0 saturated carbocycles. The van der Waals surface area contributed by atoms with Crippen LogP contribution >= 0.6 is 0 Å². The van der Waals surface area contributed by atoms with Gasteiger partial charge in [0.2, 0.25) is 0 Å². The van der Waals surface area contributed by atoms with Gasteiger partial charge in [-0.05, 0) is 24.3 Å². The van der Waals surface area contributed by atoms with Crippen LogP contribution in [0.1, 0.15) is 5.56 Å². The molecule has 17 heavy (non-hydrogen) atoms. The lowest BCUT2D eigenvalue weighted by Gasteiger charge is -2.02. The van der Waals surface area contributed by atoms with E-state index in [0.29, 0.717) is 5.56 Å². The molecule has 0 saturated heterocycles. The molecule has 3 rings (SSSR count). The van der Waals surface area contributed by atoms with Crippen molar-refractivity contribution in [2.24, 2.45) is 0 Å². The fourth-order valence-electron chi connectivity index (χ4n) is 1.74. The second-order valence-corrected chi connectivity index (χ2v) is 3.62. The van der Waals surface area contributed by atoms with E-state index in [1.165, 1.54) is 0 Å². The van der Waals surface area contributed by atoms with Crippen molar-refractivity contribution < 1.29 is 0 Å². The lowest BCUT2D eigenvalue weighted by atomic mass is 10.3. The number of imidazole rings is 1. The van der Waals surface area contributed by atoms with Crippen molar-refractivity contribution in [3.63, 3.8) is 0 Å². The number of pyridine rings is 1. The number of aromatic nitrogens is 3. The summed E-state index contributed by atoms with van der Waals surface area (Å²) in [6.07, 6.45) is 3.29. The van der Waals surface area contributed by atoms with Crippen molar-refractivity contribution in [1.29, 1.82) is 5.26 Å². The van der Waals surface area contributed by atoms with Gasteiger partial charge in [0.15, 0.2) is 0 Å². The highest BCUT2D eigenvalue weighted by atomic mass is 15.1. The topological polar surface area (TPSA) is 54.5 Å². The summed E-state index contributed by atoms with van der Waals surface area (Å²) in [5.74, 6) is 0.762. The van der Waals surface area contributed by atoms with Gasteiger partial charge in [-0.2, -0.15) is 5.26 Å². The molecule has 1 aromatic carbocycles. The number of benzene rings is 1. The predicted molar refractivity (Wildman–Crippen MR) is 63.6 cm³/mol. The molecule has 0 unspecified atom stereocenters. The van der Waals surface area contributed by atoms with Crippen LogP contribution in [0.3, 0.4) is 0 Å². The van der Waals surface area contributed by atoms with E-state index < -0.39 is 0 Å². The molecule has 0 aliphatic heterocycles. The predicted octanol–water partition coefficient (Wildman–Crippen LogP) is 2.29. The largest absolute Gasteiger partial charge is 0.283 e. The summed E-state index contributed by atoms with van der Waals surface area (Å²) in [6, 6.07) is 13.5. The number of para-hydroxylation sites is 2. The van der Waals surface area contributed by atoms with E-state index in [1.807, 2.05) is 41.0 Å². The third-order valence-corrected chi connectivity index (χ3v) is 2.58. The molecule has 0 aliphatic rings. The van der Waals surface area contributed by atoms with Gasteiger partial charge in [-0.25, -0.2) is 9.97 Å². The van der Waals surface area contributed by atoms with Crippen LogP contribution in [0.2, 0.25) is 0 Å². The molecule has 4 nitrogen and oxygen atoms in total. The molecule has 0 N–H and O–H groups in total. The minimum Gasteiger partial charge on any atom is -0.283 e. The first kappa shape index (κ1) is 9.55.